The van der Waals surface area contributed by atoms with E-state index in [1.165, 1.54) is 23.3 Å². The SMILES string of the molecule is Cn1cc(C(=O)O)cncc(-c2ccccn2)c(N)n1. The van der Waals surface area contributed by atoms with E-state index in [0.717, 1.165) is 0 Å². The van der Waals surface area contributed by atoms with E-state index in [9.17, 15) is 4.79 Å². The first-order valence-electron chi connectivity index (χ1n) is 5.75. The molecule has 0 fully saturated rings. The molecule has 0 aliphatic heterocycles. The smallest absolute Gasteiger partial charge is 0.338 e. The molecular weight excluding hydrogens is 258 g/mol. The maximum absolute atomic E-state index is 11.0. The quantitative estimate of drug-likeness (QED) is 0.852. The number of aryl methyl sites for hydroxylation is 1. The Kier molecular flexibility index (Phi) is 3.90. The topological polar surface area (TPSA) is 107 Å². The van der Waals surface area contributed by atoms with Gasteiger partial charge in [-0.15, -0.1) is 0 Å². The number of anilines is 1. The van der Waals surface area contributed by atoms with Crippen molar-refractivity contribution in [2.24, 2.45) is 7.05 Å². The highest BCUT2D eigenvalue weighted by Crippen LogP contribution is 2.18. The van der Waals surface area contributed by atoms with Crippen molar-refractivity contribution in [3.05, 3.63) is 48.5 Å². The minimum absolute atomic E-state index is 0.00238. The van der Waals surface area contributed by atoms with Gasteiger partial charge in [0.1, 0.15) is 0 Å². The van der Waals surface area contributed by atoms with Crippen molar-refractivity contribution < 1.29 is 9.90 Å². The zero-order valence-corrected chi connectivity index (χ0v) is 10.8. The number of nitrogens with zero attached hydrogens (tertiary/aromatic N) is 4. The normalized spacial score (nSPS) is 9.85. The van der Waals surface area contributed by atoms with Crippen molar-refractivity contribution in [1.29, 1.82) is 0 Å². The van der Waals surface area contributed by atoms with Crippen LogP contribution in [0.15, 0.2) is 43.0 Å². The average Bonchev–Trinajstić information content (AvgIpc) is 2.48. The van der Waals surface area contributed by atoms with Gasteiger partial charge in [-0.2, -0.15) is 5.10 Å². The summed E-state index contributed by atoms with van der Waals surface area (Å²) in [7, 11) is 1.59. The summed E-state index contributed by atoms with van der Waals surface area (Å²) >= 11 is 0. The summed E-state index contributed by atoms with van der Waals surface area (Å²) in [6.07, 6.45) is 5.63. The molecule has 2 aromatic heterocycles. The lowest BCUT2D eigenvalue weighted by Gasteiger charge is -2.00. The highest BCUT2D eigenvalue weighted by Gasteiger charge is 2.05. The Hall–Kier alpha value is -2.96. The van der Waals surface area contributed by atoms with Crippen LogP contribution in [0.3, 0.4) is 0 Å². The second-order valence-corrected chi connectivity index (χ2v) is 3.98. The molecule has 0 aliphatic carbocycles. The molecular formula is C13H13N5O2. The van der Waals surface area contributed by atoms with Gasteiger partial charge in [0.15, 0.2) is 5.82 Å². The van der Waals surface area contributed by atoms with E-state index in [-0.39, 0.29) is 11.4 Å². The lowest BCUT2D eigenvalue weighted by molar-refractivity contribution is 0.0695. The van der Waals surface area contributed by atoms with E-state index in [0.29, 0.717) is 11.3 Å². The number of pyridine rings is 1. The van der Waals surface area contributed by atoms with Crippen LogP contribution in [0.5, 0.6) is 0 Å². The summed E-state index contributed by atoms with van der Waals surface area (Å²) < 4.78 is 1.33. The molecule has 0 aliphatic rings. The van der Waals surface area contributed by atoms with E-state index in [1.54, 1.807) is 25.4 Å². The van der Waals surface area contributed by atoms with Crippen molar-refractivity contribution in [2.75, 3.05) is 5.73 Å². The fourth-order valence-electron chi connectivity index (χ4n) is 1.58. The molecule has 7 nitrogen and oxygen atoms in total. The van der Waals surface area contributed by atoms with Gasteiger partial charge in [0.2, 0.25) is 0 Å². The minimum Gasteiger partial charge on any atom is -0.478 e. The number of carboxylic acids is 1. The Morgan fingerprint density at radius 3 is 2.80 bits per heavy atom. The number of carbonyl (C=O) groups is 1. The standard InChI is InChI=1S/C13H13N5O2/c1-18-8-9(13(19)20)6-15-7-10(12(14)17-18)11-4-2-3-5-16-11/h2-8H,1H3,(H2,14,17)(H,19,20). The first-order chi connectivity index (χ1) is 9.58. The Morgan fingerprint density at radius 2 is 2.15 bits per heavy atom. The van der Waals surface area contributed by atoms with E-state index >= 15 is 0 Å². The third kappa shape index (κ3) is 3.08. The van der Waals surface area contributed by atoms with Crippen molar-refractivity contribution in [3.8, 4) is 11.3 Å². The van der Waals surface area contributed by atoms with Crippen LogP contribution in [0.2, 0.25) is 0 Å². The van der Waals surface area contributed by atoms with Crippen molar-refractivity contribution in [3.63, 3.8) is 0 Å². The zero-order valence-electron chi connectivity index (χ0n) is 10.8. The molecule has 0 saturated heterocycles. The van der Waals surface area contributed by atoms with Gasteiger partial charge < -0.3 is 10.8 Å². The molecule has 7 heteroatoms. The lowest BCUT2D eigenvalue weighted by atomic mass is 10.2. The lowest BCUT2D eigenvalue weighted by Crippen LogP contribution is -2.02. The number of rotatable bonds is 2. The number of aromatic carboxylic acids is 1. The Bertz CT molecular complexity index is 681. The van der Waals surface area contributed by atoms with E-state index < -0.39 is 5.97 Å². The molecule has 0 spiro atoms. The first-order valence-corrected chi connectivity index (χ1v) is 5.75. The number of nitrogens with two attached hydrogens (primary N) is 1. The first kappa shape index (κ1) is 13.5. The largest absolute Gasteiger partial charge is 0.478 e. The van der Waals surface area contributed by atoms with E-state index in [2.05, 4.69) is 15.1 Å². The second kappa shape index (κ2) is 5.79. The summed E-state index contributed by atoms with van der Waals surface area (Å²) in [4.78, 5) is 19.2. The molecule has 0 atom stereocenters. The van der Waals surface area contributed by atoms with Crippen LogP contribution < -0.4 is 5.73 Å². The molecule has 2 heterocycles. The van der Waals surface area contributed by atoms with Crippen LogP contribution in [-0.4, -0.2) is 30.8 Å². The molecule has 0 saturated carbocycles. The highest BCUT2D eigenvalue weighted by atomic mass is 16.4. The third-order valence-corrected chi connectivity index (χ3v) is 2.47. The predicted molar refractivity (Wildman–Crippen MR) is 73.2 cm³/mol. The van der Waals surface area contributed by atoms with Crippen LogP contribution in [0.25, 0.3) is 11.3 Å². The van der Waals surface area contributed by atoms with Crippen LogP contribution in [-0.2, 0) is 7.05 Å². The minimum atomic E-state index is -1.09. The summed E-state index contributed by atoms with van der Waals surface area (Å²) in [5.74, 6) is -0.893. The Labute approximate surface area is 115 Å². The van der Waals surface area contributed by atoms with Gasteiger partial charge in [-0.3, -0.25) is 14.6 Å². The summed E-state index contributed by atoms with van der Waals surface area (Å²) in [6, 6.07) is 5.37. The Morgan fingerprint density at radius 1 is 1.35 bits per heavy atom. The maximum atomic E-state index is 11.0. The predicted octanol–water partition coefficient (Wildman–Crippen LogP) is 1.28. The van der Waals surface area contributed by atoms with Crippen molar-refractivity contribution in [1.82, 2.24) is 19.7 Å². The zero-order chi connectivity index (χ0) is 14.5. The highest BCUT2D eigenvalue weighted by molar-refractivity contribution is 5.86. The third-order valence-electron chi connectivity index (χ3n) is 2.47. The van der Waals surface area contributed by atoms with Gasteiger partial charge in [0.25, 0.3) is 0 Å². The molecule has 0 unspecified atom stereocenters. The maximum Gasteiger partial charge on any atom is 0.338 e. The molecule has 3 N–H and O–H groups in total. The van der Waals surface area contributed by atoms with Gasteiger partial charge in [0.05, 0.1) is 16.8 Å². The van der Waals surface area contributed by atoms with Crippen molar-refractivity contribution >= 4 is 11.8 Å². The van der Waals surface area contributed by atoms with Gasteiger partial charge in [0, 0.05) is 31.8 Å². The van der Waals surface area contributed by atoms with Crippen molar-refractivity contribution in [2.45, 2.75) is 0 Å². The summed E-state index contributed by atoms with van der Waals surface area (Å²) in [6.45, 7) is 0. The van der Waals surface area contributed by atoms with Gasteiger partial charge >= 0.3 is 5.97 Å². The summed E-state index contributed by atoms with van der Waals surface area (Å²) in [5, 5.41) is 13.1. The fraction of sp³-hybridized carbons (Fsp3) is 0.0769. The van der Waals surface area contributed by atoms with Crippen LogP contribution in [0, 0.1) is 0 Å². The average molecular weight is 271 g/mol. The number of hydrogen-bond acceptors (Lipinski definition) is 5. The van der Waals surface area contributed by atoms with Gasteiger partial charge in [-0.05, 0) is 12.1 Å². The monoisotopic (exact) mass is 271 g/mol. The van der Waals surface area contributed by atoms with E-state index in [1.807, 2.05) is 6.07 Å². The molecule has 0 amide bonds. The molecule has 102 valence electrons. The molecule has 0 radical (unpaired) electrons. The molecule has 0 bridgehead atoms. The molecule has 2 rings (SSSR count). The van der Waals surface area contributed by atoms with E-state index in [4.69, 9.17) is 10.8 Å². The fourth-order valence-corrected chi connectivity index (χ4v) is 1.58. The van der Waals surface area contributed by atoms with Crippen LogP contribution in [0.1, 0.15) is 10.4 Å². The molecule has 0 aromatic carbocycles. The number of carboxylic acid groups (broad SMARTS) is 1. The second-order valence-electron chi connectivity index (χ2n) is 3.98. The van der Waals surface area contributed by atoms with Crippen LogP contribution in [0.4, 0.5) is 5.82 Å². The summed E-state index contributed by atoms with van der Waals surface area (Å²) in [5.41, 5.74) is 7.05. The van der Waals surface area contributed by atoms with Gasteiger partial charge in [-0.25, -0.2) is 4.79 Å². The number of nitrogen functional groups attached to an aromatic ring is 1. The Balaban J connectivity index is 2.69. The molecule has 20 heavy (non-hydrogen) atoms. The number of aromatic nitrogens is 4. The number of hydrogen-bond donors (Lipinski definition) is 2. The van der Waals surface area contributed by atoms with Crippen LogP contribution >= 0.6 is 0 Å². The molecule has 2 aromatic rings. The van der Waals surface area contributed by atoms with Gasteiger partial charge in [-0.1, -0.05) is 6.07 Å².